The molecule has 1 aliphatic carbocycles. The van der Waals surface area contributed by atoms with Gasteiger partial charge >= 0.3 is 0 Å². The Hall–Kier alpha value is -1.62. The molecule has 0 N–H and O–H groups in total. The van der Waals surface area contributed by atoms with Crippen LogP contribution in [-0.2, 0) is 11.3 Å². The summed E-state index contributed by atoms with van der Waals surface area (Å²) in [5.74, 6) is 1.37. The minimum atomic E-state index is -0.213. The molecule has 0 atom stereocenters. The molecule has 0 aromatic heterocycles. The standard InChI is InChI=1S/C20H29FN2O2/c1-25-18-7-8-19(21)17(13-18)15-22-10-9-20(24)23(12-11-22)14-16-5-3-2-4-6-16/h7-8,13,16H,2-6,9-12,14-15H2,1H3. The van der Waals surface area contributed by atoms with Crippen LogP contribution in [0.5, 0.6) is 5.75 Å². The van der Waals surface area contributed by atoms with Gasteiger partial charge in [-0.2, -0.15) is 0 Å². The maximum absolute atomic E-state index is 14.1. The molecule has 1 aromatic carbocycles. The van der Waals surface area contributed by atoms with Gasteiger partial charge in [-0.25, -0.2) is 4.39 Å². The van der Waals surface area contributed by atoms with Crippen molar-refractivity contribution in [3.63, 3.8) is 0 Å². The molecule has 0 unspecified atom stereocenters. The van der Waals surface area contributed by atoms with Crippen molar-refractivity contribution in [3.8, 4) is 5.75 Å². The summed E-state index contributed by atoms with van der Waals surface area (Å²) in [7, 11) is 1.59. The predicted octanol–water partition coefficient (Wildman–Crippen LogP) is 3.45. The van der Waals surface area contributed by atoms with Crippen LogP contribution in [0.4, 0.5) is 4.39 Å². The third kappa shape index (κ3) is 4.94. The van der Waals surface area contributed by atoms with Crippen molar-refractivity contribution in [2.45, 2.75) is 45.1 Å². The number of benzene rings is 1. The van der Waals surface area contributed by atoms with Crippen molar-refractivity contribution >= 4 is 5.91 Å². The molecule has 1 aliphatic heterocycles. The highest BCUT2D eigenvalue weighted by Gasteiger charge is 2.24. The Morgan fingerprint density at radius 2 is 1.96 bits per heavy atom. The van der Waals surface area contributed by atoms with Gasteiger partial charge in [0.1, 0.15) is 11.6 Å². The minimum Gasteiger partial charge on any atom is -0.497 e. The number of amides is 1. The van der Waals surface area contributed by atoms with Crippen molar-refractivity contribution in [1.82, 2.24) is 9.80 Å². The van der Waals surface area contributed by atoms with E-state index in [0.717, 1.165) is 19.6 Å². The van der Waals surface area contributed by atoms with E-state index >= 15 is 0 Å². The second-order valence-corrected chi connectivity index (χ2v) is 7.33. The van der Waals surface area contributed by atoms with Crippen molar-refractivity contribution < 1.29 is 13.9 Å². The largest absolute Gasteiger partial charge is 0.497 e. The van der Waals surface area contributed by atoms with Crippen molar-refractivity contribution in [1.29, 1.82) is 0 Å². The Balaban J connectivity index is 1.58. The van der Waals surface area contributed by atoms with E-state index in [1.54, 1.807) is 19.2 Å². The second-order valence-electron chi connectivity index (χ2n) is 7.33. The molecule has 5 heteroatoms. The molecule has 0 bridgehead atoms. The fraction of sp³-hybridized carbons (Fsp3) is 0.650. The summed E-state index contributed by atoms with van der Waals surface area (Å²) >= 11 is 0. The van der Waals surface area contributed by atoms with Crippen molar-refractivity contribution in [2.24, 2.45) is 5.92 Å². The third-order valence-electron chi connectivity index (χ3n) is 5.53. The van der Waals surface area contributed by atoms with E-state index in [2.05, 4.69) is 4.90 Å². The van der Waals surface area contributed by atoms with Crippen LogP contribution >= 0.6 is 0 Å². The topological polar surface area (TPSA) is 32.8 Å². The molecule has 138 valence electrons. The number of rotatable bonds is 5. The van der Waals surface area contributed by atoms with Crippen LogP contribution in [0, 0.1) is 11.7 Å². The molecule has 1 saturated heterocycles. The summed E-state index contributed by atoms with van der Waals surface area (Å²) in [6.45, 7) is 3.67. The number of methoxy groups -OCH3 is 1. The highest BCUT2D eigenvalue weighted by molar-refractivity contribution is 5.76. The molecule has 2 fully saturated rings. The van der Waals surface area contributed by atoms with Gasteiger partial charge in [0.15, 0.2) is 0 Å². The Bertz CT molecular complexity index is 587. The van der Waals surface area contributed by atoms with Crippen LogP contribution in [0.2, 0.25) is 0 Å². The van der Waals surface area contributed by atoms with Gasteiger partial charge in [-0.3, -0.25) is 9.69 Å². The molecule has 0 spiro atoms. The van der Waals surface area contributed by atoms with E-state index in [4.69, 9.17) is 4.74 Å². The number of carbonyl (C=O) groups excluding carboxylic acids is 1. The van der Waals surface area contributed by atoms with Crippen LogP contribution < -0.4 is 4.74 Å². The molecule has 1 saturated carbocycles. The summed E-state index contributed by atoms with van der Waals surface area (Å²) < 4.78 is 19.3. The quantitative estimate of drug-likeness (QED) is 0.817. The van der Waals surface area contributed by atoms with Crippen molar-refractivity contribution in [2.75, 3.05) is 33.3 Å². The fourth-order valence-electron chi connectivity index (χ4n) is 3.98. The number of carbonyl (C=O) groups is 1. The first-order chi connectivity index (χ1) is 12.2. The lowest BCUT2D eigenvalue weighted by Gasteiger charge is -2.29. The molecule has 4 nitrogen and oxygen atoms in total. The lowest BCUT2D eigenvalue weighted by atomic mass is 9.89. The van der Waals surface area contributed by atoms with Crippen molar-refractivity contribution in [3.05, 3.63) is 29.6 Å². The van der Waals surface area contributed by atoms with Gasteiger partial charge in [0, 0.05) is 44.7 Å². The summed E-state index contributed by atoms with van der Waals surface area (Å²) in [6.07, 6.45) is 6.97. The zero-order valence-electron chi connectivity index (χ0n) is 15.2. The van der Waals surface area contributed by atoms with Gasteiger partial charge in [-0.15, -0.1) is 0 Å². The number of halogens is 1. The second kappa shape index (κ2) is 8.65. The summed E-state index contributed by atoms with van der Waals surface area (Å²) in [5, 5.41) is 0. The molecule has 2 aliphatic rings. The molecule has 1 heterocycles. The first kappa shape index (κ1) is 18.2. The van der Waals surface area contributed by atoms with Crippen LogP contribution in [0.1, 0.15) is 44.1 Å². The maximum atomic E-state index is 14.1. The molecule has 1 amide bonds. The van der Waals surface area contributed by atoms with Crippen LogP contribution in [0.3, 0.4) is 0 Å². The monoisotopic (exact) mass is 348 g/mol. The summed E-state index contributed by atoms with van der Waals surface area (Å²) in [6, 6.07) is 4.84. The van der Waals surface area contributed by atoms with E-state index in [9.17, 15) is 9.18 Å². The van der Waals surface area contributed by atoms with E-state index in [1.165, 1.54) is 38.2 Å². The molecular weight excluding hydrogens is 319 g/mol. The Kier molecular flexibility index (Phi) is 6.29. The summed E-state index contributed by atoms with van der Waals surface area (Å²) in [5.41, 5.74) is 0.632. The van der Waals surface area contributed by atoms with Gasteiger partial charge in [0.2, 0.25) is 5.91 Å². The fourth-order valence-corrected chi connectivity index (χ4v) is 3.98. The lowest BCUT2D eigenvalue weighted by molar-refractivity contribution is -0.131. The minimum absolute atomic E-state index is 0.213. The van der Waals surface area contributed by atoms with Crippen LogP contribution in [-0.4, -0.2) is 49.0 Å². The summed E-state index contributed by atoms with van der Waals surface area (Å²) in [4.78, 5) is 16.7. The SMILES string of the molecule is COc1ccc(F)c(CN2CCC(=O)N(CC3CCCCC3)CC2)c1. The molecule has 3 rings (SSSR count). The zero-order valence-corrected chi connectivity index (χ0v) is 15.2. The van der Waals surface area contributed by atoms with Gasteiger partial charge < -0.3 is 9.64 Å². The van der Waals surface area contributed by atoms with E-state index < -0.39 is 0 Å². The van der Waals surface area contributed by atoms with Gasteiger partial charge in [0.25, 0.3) is 0 Å². The highest BCUT2D eigenvalue weighted by Crippen LogP contribution is 2.25. The third-order valence-corrected chi connectivity index (χ3v) is 5.53. The number of ether oxygens (including phenoxy) is 1. The lowest BCUT2D eigenvalue weighted by Crippen LogP contribution is -2.37. The average molecular weight is 348 g/mol. The highest BCUT2D eigenvalue weighted by atomic mass is 19.1. The molecule has 0 radical (unpaired) electrons. The van der Waals surface area contributed by atoms with Crippen LogP contribution in [0.15, 0.2) is 18.2 Å². The van der Waals surface area contributed by atoms with Gasteiger partial charge in [0.05, 0.1) is 7.11 Å². The first-order valence-electron chi connectivity index (χ1n) is 9.48. The zero-order chi connectivity index (χ0) is 17.6. The maximum Gasteiger partial charge on any atom is 0.223 e. The number of nitrogens with zero attached hydrogens (tertiary/aromatic N) is 2. The Labute approximate surface area is 149 Å². The van der Waals surface area contributed by atoms with Gasteiger partial charge in [-0.05, 0) is 37.0 Å². The van der Waals surface area contributed by atoms with E-state index in [-0.39, 0.29) is 11.7 Å². The number of hydrogen-bond acceptors (Lipinski definition) is 3. The van der Waals surface area contributed by atoms with E-state index in [1.807, 2.05) is 4.90 Å². The average Bonchev–Trinajstić information content (AvgIpc) is 2.80. The normalized spacial score (nSPS) is 20.6. The smallest absolute Gasteiger partial charge is 0.223 e. The van der Waals surface area contributed by atoms with Crippen LogP contribution in [0.25, 0.3) is 0 Å². The molecule has 25 heavy (non-hydrogen) atoms. The Morgan fingerprint density at radius 1 is 1.16 bits per heavy atom. The Morgan fingerprint density at radius 3 is 2.72 bits per heavy atom. The molecule has 1 aromatic rings. The van der Waals surface area contributed by atoms with E-state index in [0.29, 0.717) is 36.7 Å². The predicted molar refractivity (Wildman–Crippen MR) is 96.0 cm³/mol. The van der Waals surface area contributed by atoms with Gasteiger partial charge in [-0.1, -0.05) is 19.3 Å². The molecular formula is C20H29FN2O2. The number of hydrogen-bond donors (Lipinski definition) is 0. The first-order valence-corrected chi connectivity index (χ1v) is 9.48.